The van der Waals surface area contributed by atoms with Crippen LogP contribution in [0.3, 0.4) is 0 Å². The molecule has 0 bridgehead atoms. The number of carbonyl (C=O) groups excluding carboxylic acids is 1. The summed E-state index contributed by atoms with van der Waals surface area (Å²) in [6.07, 6.45) is 0.539. The van der Waals surface area contributed by atoms with Crippen LogP contribution in [0.2, 0.25) is 0 Å². The number of benzene rings is 2. The van der Waals surface area contributed by atoms with Crippen LogP contribution < -0.4 is 26.0 Å². The highest BCUT2D eigenvalue weighted by molar-refractivity contribution is 9.10. The van der Waals surface area contributed by atoms with Gasteiger partial charge < -0.3 is 24.3 Å². The van der Waals surface area contributed by atoms with Gasteiger partial charge in [0.05, 0.1) is 30.5 Å². The second-order valence-electron chi connectivity index (χ2n) is 8.04. The van der Waals surface area contributed by atoms with E-state index < -0.39 is 22.9 Å². The fourth-order valence-corrected chi connectivity index (χ4v) is 3.99. The second-order valence-corrected chi connectivity index (χ2v) is 8.90. The third-order valence-corrected chi connectivity index (χ3v) is 5.88. The zero-order valence-electron chi connectivity index (χ0n) is 21.1. The van der Waals surface area contributed by atoms with E-state index in [1.807, 2.05) is 13.8 Å². The van der Waals surface area contributed by atoms with Gasteiger partial charge in [0.2, 0.25) is 5.69 Å². The SMILES string of the molecule is COCCOCCCNC(=O)c1nn(-c2cc(C)c(Oc3ccc(OC)c(Br)c3)c(C)c2)c(=O)[nH]c1=O. The first-order chi connectivity index (χ1) is 17.7. The minimum Gasteiger partial charge on any atom is -0.496 e. The van der Waals surface area contributed by atoms with Gasteiger partial charge in [-0.1, -0.05) is 0 Å². The Morgan fingerprint density at radius 1 is 1.08 bits per heavy atom. The lowest BCUT2D eigenvalue weighted by Crippen LogP contribution is -2.39. The van der Waals surface area contributed by atoms with Gasteiger partial charge in [0.15, 0.2) is 0 Å². The third-order valence-electron chi connectivity index (χ3n) is 5.26. The number of carbonyl (C=O) groups is 1. The Morgan fingerprint density at radius 2 is 1.81 bits per heavy atom. The molecule has 12 heteroatoms. The van der Waals surface area contributed by atoms with Gasteiger partial charge in [0, 0.05) is 20.3 Å². The number of aromatic amines is 1. The third kappa shape index (κ3) is 7.28. The highest BCUT2D eigenvalue weighted by atomic mass is 79.9. The lowest BCUT2D eigenvalue weighted by Gasteiger charge is -2.15. The lowest BCUT2D eigenvalue weighted by molar-refractivity contribution is 0.0688. The van der Waals surface area contributed by atoms with Crippen LogP contribution in [0.15, 0.2) is 44.4 Å². The Labute approximate surface area is 221 Å². The molecule has 1 aromatic heterocycles. The first kappa shape index (κ1) is 28.1. The van der Waals surface area contributed by atoms with E-state index in [2.05, 4.69) is 31.3 Å². The largest absolute Gasteiger partial charge is 0.496 e. The summed E-state index contributed by atoms with van der Waals surface area (Å²) in [5.41, 5.74) is -0.227. The summed E-state index contributed by atoms with van der Waals surface area (Å²) in [6.45, 7) is 5.29. The molecular formula is C25H29BrN4O7. The van der Waals surface area contributed by atoms with Gasteiger partial charge in [-0.05, 0) is 77.7 Å². The molecule has 0 aliphatic carbocycles. The van der Waals surface area contributed by atoms with Crippen LogP contribution in [-0.4, -0.2) is 61.3 Å². The number of aryl methyl sites for hydroxylation is 2. The number of rotatable bonds is 12. The molecule has 0 aliphatic rings. The van der Waals surface area contributed by atoms with Crippen molar-refractivity contribution in [2.45, 2.75) is 20.3 Å². The van der Waals surface area contributed by atoms with Crippen molar-refractivity contribution in [3.8, 4) is 22.9 Å². The molecule has 0 atom stereocenters. The number of hydrogen-bond acceptors (Lipinski definition) is 8. The zero-order valence-corrected chi connectivity index (χ0v) is 22.6. The number of halogens is 1. The van der Waals surface area contributed by atoms with Crippen molar-refractivity contribution in [1.82, 2.24) is 20.1 Å². The monoisotopic (exact) mass is 576 g/mol. The molecule has 0 saturated carbocycles. The first-order valence-corrected chi connectivity index (χ1v) is 12.3. The molecule has 2 aromatic carbocycles. The molecule has 1 amide bonds. The Morgan fingerprint density at radius 3 is 2.46 bits per heavy atom. The zero-order chi connectivity index (χ0) is 26.9. The van der Waals surface area contributed by atoms with Crippen molar-refractivity contribution in [3.63, 3.8) is 0 Å². The molecule has 37 heavy (non-hydrogen) atoms. The van der Waals surface area contributed by atoms with Crippen molar-refractivity contribution < 1.29 is 23.7 Å². The van der Waals surface area contributed by atoms with Crippen LogP contribution >= 0.6 is 15.9 Å². The van der Waals surface area contributed by atoms with E-state index in [0.717, 1.165) is 20.3 Å². The molecule has 2 N–H and O–H groups in total. The van der Waals surface area contributed by atoms with Gasteiger partial charge in [-0.2, -0.15) is 9.78 Å². The lowest BCUT2D eigenvalue weighted by atomic mass is 10.1. The predicted molar refractivity (Wildman–Crippen MR) is 140 cm³/mol. The average Bonchev–Trinajstić information content (AvgIpc) is 2.85. The van der Waals surface area contributed by atoms with Crippen LogP contribution in [0.4, 0.5) is 0 Å². The van der Waals surface area contributed by atoms with Crippen LogP contribution in [0.25, 0.3) is 5.69 Å². The standard InChI is InChI=1S/C25H29BrN4O7/c1-15-12-17(13-16(2)22(15)37-18-6-7-20(35-4)19(26)14-18)30-25(33)28-24(32)21(29-30)23(31)27-8-5-9-36-11-10-34-3/h6-7,12-14H,5,8-11H2,1-4H3,(H,27,31)(H,28,32,33). The number of methoxy groups -OCH3 is 2. The highest BCUT2D eigenvalue weighted by Crippen LogP contribution is 2.34. The maximum atomic E-state index is 12.6. The summed E-state index contributed by atoms with van der Waals surface area (Å²) in [4.78, 5) is 39.5. The second kappa shape index (κ2) is 13.2. The average molecular weight is 577 g/mol. The molecule has 0 aliphatic heterocycles. The fourth-order valence-electron chi connectivity index (χ4n) is 3.47. The number of nitrogens with zero attached hydrogens (tertiary/aromatic N) is 2. The summed E-state index contributed by atoms with van der Waals surface area (Å²) in [6, 6.07) is 8.72. The molecule has 0 saturated heterocycles. The van der Waals surface area contributed by atoms with E-state index >= 15 is 0 Å². The van der Waals surface area contributed by atoms with Gasteiger partial charge >= 0.3 is 5.69 Å². The minimum atomic E-state index is -0.867. The van der Waals surface area contributed by atoms with Crippen LogP contribution in [0.1, 0.15) is 28.0 Å². The van der Waals surface area contributed by atoms with E-state index in [-0.39, 0.29) is 6.54 Å². The van der Waals surface area contributed by atoms with Crippen LogP contribution in [0, 0.1) is 13.8 Å². The first-order valence-electron chi connectivity index (χ1n) is 11.5. The summed E-state index contributed by atoms with van der Waals surface area (Å²) in [5.74, 6) is 1.18. The highest BCUT2D eigenvalue weighted by Gasteiger charge is 2.17. The van der Waals surface area contributed by atoms with Gasteiger partial charge in [-0.15, -0.1) is 0 Å². The van der Waals surface area contributed by atoms with Crippen LogP contribution in [-0.2, 0) is 9.47 Å². The van der Waals surface area contributed by atoms with E-state index in [0.29, 0.717) is 49.2 Å². The quantitative estimate of drug-likeness (QED) is 0.314. The van der Waals surface area contributed by atoms with E-state index in [4.69, 9.17) is 18.9 Å². The van der Waals surface area contributed by atoms with E-state index in [1.165, 1.54) is 0 Å². The fraction of sp³-hybridized carbons (Fsp3) is 0.360. The molecule has 1 heterocycles. The predicted octanol–water partition coefficient (Wildman–Crippen LogP) is 2.88. The minimum absolute atomic E-state index is 0.276. The maximum Gasteiger partial charge on any atom is 0.349 e. The topological polar surface area (TPSA) is 134 Å². The number of H-pyrrole nitrogens is 1. The van der Waals surface area contributed by atoms with Gasteiger partial charge in [0.1, 0.15) is 17.2 Å². The number of ether oxygens (including phenoxy) is 4. The molecule has 3 aromatic rings. The molecule has 0 spiro atoms. The Bertz CT molecular complexity index is 1350. The van der Waals surface area contributed by atoms with Gasteiger partial charge in [-0.3, -0.25) is 14.6 Å². The van der Waals surface area contributed by atoms with Crippen molar-refractivity contribution in [3.05, 3.63) is 72.5 Å². The van der Waals surface area contributed by atoms with E-state index in [1.54, 1.807) is 44.6 Å². The summed E-state index contributed by atoms with van der Waals surface area (Å²) in [7, 11) is 3.16. The van der Waals surface area contributed by atoms with Crippen LogP contribution in [0.5, 0.6) is 17.2 Å². The van der Waals surface area contributed by atoms with Crippen molar-refractivity contribution in [1.29, 1.82) is 0 Å². The molecule has 0 fully saturated rings. The van der Waals surface area contributed by atoms with Crippen molar-refractivity contribution in [2.24, 2.45) is 0 Å². The maximum absolute atomic E-state index is 12.6. The van der Waals surface area contributed by atoms with Gasteiger partial charge in [0.25, 0.3) is 11.5 Å². The number of aromatic nitrogens is 3. The summed E-state index contributed by atoms with van der Waals surface area (Å²) in [5, 5.41) is 6.67. The Kier molecular flexibility index (Phi) is 10.0. The van der Waals surface area contributed by atoms with E-state index in [9.17, 15) is 14.4 Å². The van der Waals surface area contributed by atoms with Crippen molar-refractivity contribution in [2.75, 3.05) is 40.6 Å². The number of amides is 1. The summed E-state index contributed by atoms with van der Waals surface area (Å²) >= 11 is 3.44. The molecule has 198 valence electrons. The van der Waals surface area contributed by atoms with Gasteiger partial charge in [-0.25, -0.2) is 4.79 Å². The molecule has 11 nitrogen and oxygen atoms in total. The molecule has 3 rings (SSSR count). The molecule has 0 unspecified atom stereocenters. The Balaban J connectivity index is 1.79. The molecule has 0 radical (unpaired) electrons. The molecular weight excluding hydrogens is 548 g/mol. The Hall–Kier alpha value is -3.48. The van der Waals surface area contributed by atoms with Crippen molar-refractivity contribution >= 4 is 21.8 Å². The number of hydrogen-bond donors (Lipinski definition) is 2. The number of nitrogens with one attached hydrogen (secondary N) is 2. The summed E-state index contributed by atoms with van der Waals surface area (Å²) < 4.78 is 23.3. The normalized spacial score (nSPS) is 10.8. The smallest absolute Gasteiger partial charge is 0.349 e.